The molecular weight excluding hydrogens is 231 g/mol. The molecule has 2 N–H and O–H groups in total. The maximum Gasteiger partial charge on any atom is 0.237 e. The minimum absolute atomic E-state index is 0.0760. The SMILES string of the molecule is O=C1NCCCCC1NCCc1ccc(F)cc1. The maximum absolute atomic E-state index is 12.7. The zero-order chi connectivity index (χ0) is 12.8. The Balaban J connectivity index is 1.77. The van der Waals surface area contributed by atoms with Crippen LogP contribution in [-0.2, 0) is 11.2 Å². The van der Waals surface area contributed by atoms with Gasteiger partial charge in [0.2, 0.25) is 5.91 Å². The molecule has 1 atom stereocenters. The predicted molar refractivity (Wildman–Crippen MR) is 68.8 cm³/mol. The third-order valence-corrected chi connectivity index (χ3v) is 3.25. The van der Waals surface area contributed by atoms with Crippen LogP contribution in [0.5, 0.6) is 0 Å². The van der Waals surface area contributed by atoms with Gasteiger partial charge in [-0.25, -0.2) is 4.39 Å². The Bertz CT molecular complexity index is 391. The van der Waals surface area contributed by atoms with Gasteiger partial charge in [0, 0.05) is 6.54 Å². The van der Waals surface area contributed by atoms with Crippen molar-refractivity contribution in [2.24, 2.45) is 0 Å². The maximum atomic E-state index is 12.7. The minimum Gasteiger partial charge on any atom is -0.355 e. The van der Waals surface area contributed by atoms with Gasteiger partial charge in [-0.2, -0.15) is 0 Å². The van der Waals surface area contributed by atoms with Gasteiger partial charge in [0.05, 0.1) is 6.04 Å². The lowest BCUT2D eigenvalue weighted by Crippen LogP contribution is -2.43. The van der Waals surface area contributed by atoms with Gasteiger partial charge >= 0.3 is 0 Å². The molecule has 1 amide bonds. The number of carbonyl (C=O) groups excluding carboxylic acids is 1. The van der Waals surface area contributed by atoms with Crippen molar-refractivity contribution in [1.82, 2.24) is 10.6 Å². The fraction of sp³-hybridized carbons (Fsp3) is 0.500. The average molecular weight is 250 g/mol. The molecule has 2 rings (SSSR count). The number of rotatable bonds is 4. The van der Waals surface area contributed by atoms with Crippen LogP contribution in [0, 0.1) is 5.82 Å². The third kappa shape index (κ3) is 3.81. The second-order valence-electron chi connectivity index (χ2n) is 4.67. The molecule has 1 heterocycles. The molecule has 0 spiro atoms. The Hall–Kier alpha value is -1.42. The van der Waals surface area contributed by atoms with Crippen molar-refractivity contribution in [3.8, 4) is 0 Å². The van der Waals surface area contributed by atoms with Crippen molar-refractivity contribution in [2.75, 3.05) is 13.1 Å². The minimum atomic E-state index is -0.213. The number of hydrogen-bond donors (Lipinski definition) is 2. The van der Waals surface area contributed by atoms with E-state index in [2.05, 4.69) is 10.6 Å². The van der Waals surface area contributed by atoms with Crippen molar-refractivity contribution < 1.29 is 9.18 Å². The molecular formula is C14H19FN2O. The van der Waals surface area contributed by atoms with E-state index in [9.17, 15) is 9.18 Å². The fourth-order valence-corrected chi connectivity index (χ4v) is 2.18. The Morgan fingerprint density at radius 3 is 2.83 bits per heavy atom. The first-order valence-electron chi connectivity index (χ1n) is 6.51. The molecule has 1 aromatic carbocycles. The number of halogens is 1. The van der Waals surface area contributed by atoms with E-state index in [1.54, 1.807) is 12.1 Å². The molecule has 1 aliphatic rings. The molecule has 0 radical (unpaired) electrons. The molecule has 3 nitrogen and oxygen atoms in total. The van der Waals surface area contributed by atoms with Gasteiger partial charge in [-0.3, -0.25) is 4.79 Å². The highest BCUT2D eigenvalue weighted by Gasteiger charge is 2.19. The Morgan fingerprint density at radius 1 is 1.28 bits per heavy atom. The average Bonchev–Trinajstić information content (AvgIpc) is 2.57. The topological polar surface area (TPSA) is 41.1 Å². The van der Waals surface area contributed by atoms with Crippen molar-refractivity contribution in [3.63, 3.8) is 0 Å². The van der Waals surface area contributed by atoms with E-state index < -0.39 is 0 Å². The Labute approximate surface area is 107 Å². The van der Waals surface area contributed by atoms with E-state index in [0.29, 0.717) is 0 Å². The summed E-state index contributed by atoms with van der Waals surface area (Å²) in [5, 5.41) is 6.17. The van der Waals surface area contributed by atoms with E-state index in [4.69, 9.17) is 0 Å². The number of nitrogens with one attached hydrogen (secondary N) is 2. The van der Waals surface area contributed by atoms with Crippen molar-refractivity contribution in [2.45, 2.75) is 31.7 Å². The third-order valence-electron chi connectivity index (χ3n) is 3.25. The first kappa shape index (κ1) is 13.0. The first-order chi connectivity index (χ1) is 8.75. The number of carbonyl (C=O) groups is 1. The van der Waals surface area contributed by atoms with Crippen LogP contribution in [0.25, 0.3) is 0 Å². The van der Waals surface area contributed by atoms with E-state index in [1.165, 1.54) is 12.1 Å². The zero-order valence-corrected chi connectivity index (χ0v) is 10.4. The summed E-state index contributed by atoms with van der Waals surface area (Å²) < 4.78 is 12.7. The molecule has 0 aromatic heterocycles. The van der Waals surface area contributed by atoms with Gasteiger partial charge in [0.15, 0.2) is 0 Å². The van der Waals surface area contributed by atoms with Crippen LogP contribution >= 0.6 is 0 Å². The summed E-state index contributed by atoms with van der Waals surface area (Å²) in [6.45, 7) is 1.53. The lowest BCUT2D eigenvalue weighted by Gasteiger charge is -2.14. The molecule has 18 heavy (non-hydrogen) atoms. The highest BCUT2D eigenvalue weighted by atomic mass is 19.1. The molecule has 4 heteroatoms. The summed E-state index contributed by atoms with van der Waals surface area (Å²) in [7, 11) is 0. The molecule has 98 valence electrons. The fourth-order valence-electron chi connectivity index (χ4n) is 2.18. The van der Waals surface area contributed by atoms with E-state index in [1.807, 2.05) is 0 Å². The van der Waals surface area contributed by atoms with Gasteiger partial charge in [-0.05, 0) is 49.9 Å². The Morgan fingerprint density at radius 2 is 2.06 bits per heavy atom. The molecule has 1 fully saturated rings. The highest BCUT2D eigenvalue weighted by molar-refractivity contribution is 5.81. The summed E-state index contributed by atoms with van der Waals surface area (Å²) in [4.78, 5) is 11.7. The van der Waals surface area contributed by atoms with Crippen LogP contribution in [0.3, 0.4) is 0 Å². The lowest BCUT2D eigenvalue weighted by molar-refractivity contribution is -0.122. The van der Waals surface area contributed by atoms with Gasteiger partial charge < -0.3 is 10.6 Å². The van der Waals surface area contributed by atoms with Crippen LogP contribution in [0.4, 0.5) is 4.39 Å². The predicted octanol–water partition coefficient (Wildman–Crippen LogP) is 1.63. The molecule has 1 aliphatic heterocycles. The van der Waals surface area contributed by atoms with Crippen molar-refractivity contribution in [3.05, 3.63) is 35.6 Å². The van der Waals surface area contributed by atoms with Crippen LogP contribution in [-0.4, -0.2) is 25.0 Å². The molecule has 1 unspecified atom stereocenters. The van der Waals surface area contributed by atoms with Gasteiger partial charge in [0.1, 0.15) is 5.82 Å². The summed E-state index contributed by atoms with van der Waals surface area (Å²) in [6.07, 6.45) is 3.84. The van der Waals surface area contributed by atoms with Crippen molar-refractivity contribution >= 4 is 5.91 Å². The monoisotopic (exact) mass is 250 g/mol. The molecule has 1 saturated heterocycles. The largest absolute Gasteiger partial charge is 0.355 e. The second-order valence-corrected chi connectivity index (χ2v) is 4.67. The van der Waals surface area contributed by atoms with Crippen LogP contribution in [0.1, 0.15) is 24.8 Å². The molecule has 0 aliphatic carbocycles. The summed E-state index contributed by atoms with van der Waals surface area (Å²) in [5.41, 5.74) is 1.08. The second kappa shape index (κ2) is 6.50. The highest BCUT2D eigenvalue weighted by Crippen LogP contribution is 2.06. The van der Waals surface area contributed by atoms with Crippen molar-refractivity contribution in [1.29, 1.82) is 0 Å². The number of amides is 1. The van der Waals surface area contributed by atoms with Crippen LogP contribution in [0.15, 0.2) is 24.3 Å². The lowest BCUT2D eigenvalue weighted by atomic mass is 10.1. The number of benzene rings is 1. The van der Waals surface area contributed by atoms with E-state index in [-0.39, 0.29) is 17.8 Å². The Kier molecular flexibility index (Phi) is 4.70. The molecule has 0 bridgehead atoms. The summed E-state index contributed by atoms with van der Waals surface area (Å²) >= 11 is 0. The van der Waals surface area contributed by atoms with Gasteiger partial charge in [-0.1, -0.05) is 12.1 Å². The first-order valence-corrected chi connectivity index (χ1v) is 6.51. The smallest absolute Gasteiger partial charge is 0.237 e. The summed E-state index contributed by atoms with van der Waals surface area (Å²) in [5.74, 6) is -0.110. The normalized spacial score (nSPS) is 20.3. The van der Waals surface area contributed by atoms with Crippen LogP contribution in [0.2, 0.25) is 0 Å². The number of hydrogen-bond acceptors (Lipinski definition) is 2. The van der Waals surface area contributed by atoms with E-state index >= 15 is 0 Å². The van der Waals surface area contributed by atoms with Crippen LogP contribution < -0.4 is 10.6 Å². The zero-order valence-electron chi connectivity index (χ0n) is 10.4. The standard InChI is InChI=1S/C14H19FN2O/c15-12-6-4-11(5-7-12)8-10-16-13-3-1-2-9-17-14(13)18/h4-7,13,16H,1-3,8-10H2,(H,17,18). The quantitative estimate of drug-likeness (QED) is 0.852. The van der Waals surface area contributed by atoms with Gasteiger partial charge in [0.25, 0.3) is 0 Å². The molecule has 1 aromatic rings. The van der Waals surface area contributed by atoms with E-state index in [0.717, 1.165) is 44.3 Å². The summed E-state index contributed by atoms with van der Waals surface area (Å²) in [6, 6.07) is 6.42. The molecule has 0 saturated carbocycles. The van der Waals surface area contributed by atoms with Gasteiger partial charge in [-0.15, -0.1) is 0 Å².